The molecule has 2 aliphatic rings. The first-order chi connectivity index (χ1) is 20.7. The van der Waals surface area contributed by atoms with Crippen LogP contribution in [0.4, 0.5) is 4.79 Å². The van der Waals surface area contributed by atoms with Crippen LogP contribution in [0.15, 0.2) is 6.20 Å². The topological polar surface area (TPSA) is 164 Å². The number of rotatable bonds is 4. The normalized spacial score (nSPS) is 33.4. The van der Waals surface area contributed by atoms with E-state index in [2.05, 4.69) is 37.6 Å². The smallest absolute Gasteiger partial charge is 0.408 e. The largest absolute Gasteiger partial charge is 0.458 e. The molecular formula is C30H40N6O7S. The van der Waals surface area contributed by atoms with Gasteiger partial charge in [0.15, 0.2) is 10.6 Å². The van der Waals surface area contributed by atoms with Crippen molar-refractivity contribution in [1.29, 1.82) is 0 Å². The molecule has 238 valence electrons. The third-order valence-electron chi connectivity index (χ3n) is 8.56. The third kappa shape index (κ3) is 6.99. The molecule has 44 heavy (non-hydrogen) atoms. The summed E-state index contributed by atoms with van der Waals surface area (Å²) in [5.41, 5.74) is -2.23. The Kier molecular flexibility index (Phi) is 9.90. The highest BCUT2D eigenvalue weighted by atomic mass is 32.1. The van der Waals surface area contributed by atoms with E-state index in [0.29, 0.717) is 28.6 Å². The van der Waals surface area contributed by atoms with E-state index in [4.69, 9.17) is 14.2 Å². The summed E-state index contributed by atoms with van der Waals surface area (Å²) >= 11 is 1.32. The Morgan fingerprint density at radius 2 is 1.80 bits per heavy atom. The molecule has 0 unspecified atom stereocenters. The number of carbonyl (C=O) groups is 4. The molecular weight excluding hydrogens is 588 g/mol. The highest BCUT2D eigenvalue weighted by molar-refractivity contribution is 7.15. The second kappa shape index (κ2) is 13.1. The number of alkyl carbamates (subject to hydrolysis) is 1. The summed E-state index contributed by atoms with van der Waals surface area (Å²) in [5, 5.41) is 15.3. The first-order valence-corrected chi connectivity index (χ1v) is 15.6. The predicted molar refractivity (Wildman–Crippen MR) is 159 cm³/mol. The molecule has 13 nitrogen and oxygen atoms in total. The van der Waals surface area contributed by atoms with E-state index in [1.54, 1.807) is 40.9 Å². The number of nitrogens with one attached hydrogen (secondary N) is 1. The van der Waals surface area contributed by atoms with Crippen LogP contribution < -0.4 is 5.32 Å². The number of thiazole rings is 1. The van der Waals surface area contributed by atoms with Crippen molar-refractivity contribution in [2.24, 2.45) is 30.7 Å². The van der Waals surface area contributed by atoms with Crippen molar-refractivity contribution in [2.45, 2.75) is 91.1 Å². The van der Waals surface area contributed by atoms with Crippen molar-refractivity contribution in [3.63, 3.8) is 0 Å². The second-order valence-electron chi connectivity index (χ2n) is 12.2. The van der Waals surface area contributed by atoms with Crippen LogP contribution in [-0.2, 0) is 35.6 Å². The number of esters is 1. The van der Waals surface area contributed by atoms with Gasteiger partial charge in [-0.05, 0) is 45.2 Å². The van der Waals surface area contributed by atoms with Crippen molar-refractivity contribution in [2.75, 3.05) is 6.61 Å². The quantitative estimate of drug-likeness (QED) is 0.300. The maximum atomic E-state index is 13.8. The maximum absolute atomic E-state index is 13.8. The number of ether oxygens (including phenoxy) is 3. The van der Waals surface area contributed by atoms with Gasteiger partial charge in [0.1, 0.15) is 30.2 Å². The van der Waals surface area contributed by atoms with Crippen molar-refractivity contribution in [3.8, 4) is 22.7 Å². The van der Waals surface area contributed by atoms with Crippen molar-refractivity contribution in [3.05, 3.63) is 11.1 Å². The molecule has 0 radical (unpaired) electrons. The molecule has 1 amide bonds. The number of nitrogens with zero attached hydrogens (tertiary/aromatic N) is 5. The lowest BCUT2D eigenvalue weighted by Crippen LogP contribution is -2.57. The molecule has 0 saturated carbocycles. The van der Waals surface area contributed by atoms with Gasteiger partial charge in [-0.1, -0.05) is 39.5 Å². The van der Waals surface area contributed by atoms with Crippen molar-refractivity contribution in [1.82, 2.24) is 30.5 Å². The lowest BCUT2D eigenvalue weighted by molar-refractivity contribution is -0.171. The zero-order chi connectivity index (χ0) is 32.4. The summed E-state index contributed by atoms with van der Waals surface area (Å²) in [6.07, 6.45) is 0.975. The van der Waals surface area contributed by atoms with Crippen LogP contribution in [0, 0.1) is 35.5 Å². The molecule has 14 heteroatoms. The molecule has 1 N–H and O–H groups in total. The van der Waals surface area contributed by atoms with Crippen LogP contribution in [0.5, 0.6) is 0 Å². The van der Waals surface area contributed by atoms with Crippen LogP contribution in [0.2, 0.25) is 0 Å². The fourth-order valence-electron chi connectivity index (χ4n) is 6.29. The van der Waals surface area contributed by atoms with Gasteiger partial charge in [0.2, 0.25) is 5.82 Å². The second-order valence-corrected chi connectivity index (χ2v) is 13.3. The lowest BCUT2D eigenvalue weighted by Gasteiger charge is -2.39. The van der Waals surface area contributed by atoms with Crippen LogP contribution in [0.3, 0.4) is 0 Å². The lowest BCUT2D eigenvalue weighted by atomic mass is 9.74. The summed E-state index contributed by atoms with van der Waals surface area (Å²) in [7, 11) is 1.67. The number of aryl methyl sites for hydroxylation is 1. The number of fused-ring (bicyclic) bond motifs is 1. The van der Waals surface area contributed by atoms with Gasteiger partial charge in [0.05, 0.1) is 29.8 Å². The minimum absolute atomic E-state index is 0.0326. The summed E-state index contributed by atoms with van der Waals surface area (Å²) in [6.45, 7) is 12.2. The van der Waals surface area contributed by atoms with E-state index < -0.39 is 59.1 Å². The van der Waals surface area contributed by atoms with E-state index in [-0.39, 0.29) is 24.6 Å². The molecule has 0 aliphatic carbocycles. The number of cyclic esters (lactones) is 1. The number of hydrogen-bond acceptors (Lipinski definition) is 12. The minimum Gasteiger partial charge on any atom is -0.458 e. The first-order valence-electron chi connectivity index (χ1n) is 14.8. The fraction of sp³-hybridized carbons (Fsp3) is 0.667. The van der Waals surface area contributed by atoms with Gasteiger partial charge in [-0.2, -0.15) is 4.80 Å². The Morgan fingerprint density at radius 1 is 1.11 bits per heavy atom. The molecule has 2 saturated heterocycles. The maximum Gasteiger partial charge on any atom is 0.408 e. The van der Waals surface area contributed by atoms with Gasteiger partial charge >= 0.3 is 12.1 Å². The van der Waals surface area contributed by atoms with Crippen molar-refractivity contribution >= 4 is 35.0 Å². The summed E-state index contributed by atoms with van der Waals surface area (Å²) in [4.78, 5) is 59.2. The zero-order valence-electron chi connectivity index (χ0n) is 26.4. The minimum atomic E-state index is -1.30. The number of carbonyl (C=O) groups excluding carboxylic acids is 4. The Hall–Kier alpha value is -3.70. The highest BCUT2D eigenvalue weighted by Gasteiger charge is 2.56. The Morgan fingerprint density at radius 3 is 2.43 bits per heavy atom. The molecule has 8 atom stereocenters. The number of aromatic nitrogens is 5. The first kappa shape index (κ1) is 33.2. The monoisotopic (exact) mass is 628 g/mol. The SMILES string of the molecule is CC[C@H]1OC(=O)[C@H](C)C(=O)[C@H](C)C[C@](C)(OCC#Cc2cnc(-c3nnn(C)n3)s2)C[C@@H](C)C(=O)[C@H](C)[C@H]2NC(=O)O[C@@]21C. The molecule has 2 aromatic heterocycles. The highest BCUT2D eigenvalue weighted by Crippen LogP contribution is 2.38. The van der Waals surface area contributed by atoms with E-state index in [9.17, 15) is 19.2 Å². The molecule has 2 fully saturated rings. The van der Waals surface area contributed by atoms with Gasteiger partial charge in [-0.25, -0.2) is 9.78 Å². The number of Topliss-reactive ketones (excluding diaryl/α,β-unsaturated/α-hetero) is 2. The van der Waals surface area contributed by atoms with Gasteiger partial charge in [0.25, 0.3) is 0 Å². The number of hydrogen-bond donors (Lipinski definition) is 1. The van der Waals surface area contributed by atoms with Gasteiger partial charge < -0.3 is 19.5 Å². The Balaban J connectivity index is 1.57. The van der Waals surface area contributed by atoms with Gasteiger partial charge in [-0.3, -0.25) is 14.4 Å². The Bertz CT molecular complexity index is 1480. The summed E-state index contributed by atoms with van der Waals surface area (Å²) in [5.74, 6) is 2.60. The van der Waals surface area contributed by atoms with Crippen LogP contribution >= 0.6 is 11.3 Å². The van der Waals surface area contributed by atoms with Crippen LogP contribution in [-0.4, -0.2) is 78.8 Å². The van der Waals surface area contributed by atoms with Gasteiger partial charge in [0, 0.05) is 17.8 Å². The fourth-order valence-corrected chi connectivity index (χ4v) is 7.01. The molecule has 4 heterocycles. The average Bonchev–Trinajstić information content (AvgIpc) is 3.70. The van der Waals surface area contributed by atoms with Gasteiger partial charge in [-0.15, -0.1) is 21.5 Å². The van der Waals surface area contributed by atoms with Crippen molar-refractivity contribution < 1.29 is 33.4 Å². The Labute approximate surface area is 260 Å². The number of tetrazole rings is 1. The molecule has 0 spiro atoms. The average molecular weight is 629 g/mol. The number of amides is 1. The molecule has 4 rings (SSSR count). The molecule has 0 bridgehead atoms. The van der Waals surface area contributed by atoms with E-state index in [0.717, 1.165) is 0 Å². The van der Waals surface area contributed by atoms with E-state index in [1.165, 1.54) is 23.1 Å². The van der Waals surface area contributed by atoms with Crippen LogP contribution in [0.1, 0.15) is 72.6 Å². The molecule has 2 aliphatic heterocycles. The van der Waals surface area contributed by atoms with Crippen LogP contribution in [0.25, 0.3) is 10.8 Å². The molecule has 0 aromatic carbocycles. The summed E-state index contributed by atoms with van der Waals surface area (Å²) < 4.78 is 17.8. The predicted octanol–water partition coefficient (Wildman–Crippen LogP) is 3.13. The number of ketones is 2. The standard InChI is InChI=1S/C30H40N6O7S/c1-9-21-30(7)24(32-28(40)43-30)18(4)22(37)16(2)13-29(6,14-17(3)23(38)19(5)27(39)42-21)41-12-10-11-20-15-31-26(44-20)25-33-35-36(8)34-25/h15-19,21,24H,9,12-14H2,1-8H3,(H,32,40)/t16-,17-,18+,19-,21-,24-,29-,30-/m1/s1. The molecule has 2 aromatic rings. The summed E-state index contributed by atoms with van der Waals surface area (Å²) in [6, 6.07) is -0.741. The van der Waals surface area contributed by atoms with E-state index in [1.807, 2.05) is 13.8 Å². The van der Waals surface area contributed by atoms with E-state index >= 15 is 0 Å². The zero-order valence-corrected chi connectivity index (χ0v) is 27.2. The third-order valence-corrected chi connectivity index (χ3v) is 9.47.